The number of carboxylic acid groups (broad SMARTS) is 3. The smallest absolute Gasteiger partial charge is 0.326 e. The molecule has 226 valence electrons. The van der Waals surface area contributed by atoms with Crippen LogP contribution < -0.4 is 44.6 Å². The van der Waals surface area contributed by atoms with Crippen molar-refractivity contribution in [3.05, 3.63) is 0 Å². The Morgan fingerprint density at radius 2 is 1.07 bits per heavy atom. The van der Waals surface area contributed by atoms with Gasteiger partial charge in [-0.2, -0.15) is 0 Å². The number of nitrogens with one attached hydrogen (secondary N) is 3. The van der Waals surface area contributed by atoms with E-state index in [-0.39, 0.29) is 57.1 Å². The van der Waals surface area contributed by atoms with Crippen molar-refractivity contribution in [2.75, 3.05) is 13.1 Å². The van der Waals surface area contributed by atoms with Crippen molar-refractivity contribution in [1.29, 1.82) is 0 Å². The molecule has 0 spiro atoms. The molecule has 19 heteroatoms. The molecule has 0 aromatic rings. The number of hydrogen-bond donors (Lipinski definition) is 11. The lowest BCUT2D eigenvalue weighted by molar-refractivity contribution is -0.143. The Morgan fingerprint density at radius 1 is 0.625 bits per heavy atom. The molecule has 0 saturated heterocycles. The molecular formula is C21H38N10O9. The Labute approximate surface area is 229 Å². The van der Waals surface area contributed by atoms with Crippen LogP contribution in [0.15, 0.2) is 9.98 Å². The maximum absolute atomic E-state index is 13.0. The van der Waals surface area contributed by atoms with E-state index in [0.29, 0.717) is 0 Å². The Balaban J connectivity index is 5.66. The van der Waals surface area contributed by atoms with Crippen molar-refractivity contribution in [3.8, 4) is 0 Å². The van der Waals surface area contributed by atoms with Gasteiger partial charge in [0, 0.05) is 19.5 Å². The minimum absolute atomic E-state index is 0.0522. The van der Waals surface area contributed by atoms with E-state index in [4.69, 9.17) is 33.8 Å². The molecule has 0 rings (SSSR count). The summed E-state index contributed by atoms with van der Waals surface area (Å²) in [7, 11) is 0. The topological polar surface area (TPSA) is 354 Å². The molecule has 4 unspecified atom stereocenters. The first kappa shape index (κ1) is 35.3. The summed E-state index contributed by atoms with van der Waals surface area (Å²) >= 11 is 0. The van der Waals surface area contributed by atoms with Crippen LogP contribution in [0.25, 0.3) is 0 Å². The van der Waals surface area contributed by atoms with Gasteiger partial charge in [-0.1, -0.05) is 0 Å². The van der Waals surface area contributed by atoms with Gasteiger partial charge >= 0.3 is 17.9 Å². The number of carboxylic acids is 3. The van der Waals surface area contributed by atoms with Crippen LogP contribution >= 0.6 is 0 Å². The SMILES string of the molecule is NC(N)=NCCCC(NC(=O)C(CCCN=C(N)N)NC(=O)C(CC(=O)O)NC(=O)C(N)CCC(=O)O)C(=O)O. The maximum Gasteiger partial charge on any atom is 0.326 e. The second-order valence-corrected chi connectivity index (χ2v) is 8.56. The number of amides is 3. The number of hydrogen-bond acceptors (Lipinski definition) is 9. The molecule has 0 bridgehead atoms. The summed E-state index contributed by atoms with van der Waals surface area (Å²) in [5, 5.41) is 34.2. The molecule has 19 nitrogen and oxygen atoms in total. The highest BCUT2D eigenvalue weighted by molar-refractivity contribution is 5.95. The summed E-state index contributed by atoms with van der Waals surface area (Å²) in [4.78, 5) is 79.4. The molecule has 0 aromatic heterocycles. The predicted molar refractivity (Wildman–Crippen MR) is 140 cm³/mol. The third-order valence-corrected chi connectivity index (χ3v) is 5.16. The summed E-state index contributed by atoms with van der Waals surface area (Å²) in [6.07, 6.45) is -1.43. The standard InChI is InChI=1S/C21H38N10O9/c22-10(5-6-14(32)33)16(36)31-13(9-15(34)35)18(38)29-11(3-1-7-27-20(23)24)17(37)30-12(19(39)40)4-2-8-28-21(25)26/h10-13H,1-9,22H2,(H,29,38)(H,30,37)(H,31,36)(H,32,33)(H,34,35)(H,39,40)(H4,23,24,27)(H4,25,26,28). The highest BCUT2D eigenvalue weighted by Crippen LogP contribution is 2.06. The van der Waals surface area contributed by atoms with E-state index in [2.05, 4.69) is 25.9 Å². The fourth-order valence-corrected chi connectivity index (χ4v) is 3.15. The van der Waals surface area contributed by atoms with E-state index in [1.165, 1.54) is 0 Å². The van der Waals surface area contributed by atoms with Crippen molar-refractivity contribution >= 4 is 47.5 Å². The largest absolute Gasteiger partial charge is 0.481 e. The molecule has 16 N–H and O–H groups in total. The van der Waals surface area contributed by atoms with E-state index in [9.17, 15) is 39.0 Å². The summed E-state index contributed by atoms with van der Waals surface area (Å²) in [5.41, 5.74) is 26.6. The first-order chi connectivity index (χ1) is 18.6. The monoisotopic (exact) mass is 574 g/mol. The number of aliphatic imine (C=N–C) groups is 2. The van der Waals surface area contributed by atoms with Crippen LogP contribution in [0.1, 0.15) is 44.9 Å². The van der Waals surface area contributed by atoms with Gasteiger partial charge in [0.2, 0.25) is 17.7 Å². The second kappa shape index (κ2) is 18.6. The fraction of sp³-hybridized carbons (Fsp3) is 0.619. The van der Waals surface area contributed by atoms with Crippen molar-refractivity contribution in [3.63, 3.8) is 0 Å². The van der Waals surface area contributed by atoms with Crippen LogP contribution in [-0.4, -0.2) is 100 Å². The predicted octanol–water partition coefficient (Wildman–Crippen LogP) is -4.70. The quantitative estimate of drug-likeness (QED) is 0.0369. The maximum atomic E-state index is 13.0. The number of carbonyl (C=O) groups is 6. The minimum atomic E-state index is -1.69. The van der Waals surface area contributed by atoms with E-state index in [1.54, 1.807) is 0 Å². The molecule has 3 amide bonds. The van der Waals surface area contributed by atoms with Crippen LogP contribution in [0.2, 0.25) is 0 Å². The third-order valence-electron chi connectivity index (χ3n) is 5.16. The van der Waals surface area contributed by atoms with Gasteiger partial charge in [0.1, 0.15) is 18.1 Å². The zero-order valence-electron chi connectivity index (χ0n) is 21.7. The number of aliphatic carboxylic acids is 3. The highest BCUT2D eigenvalue weighted by Gasteiger charge is 2.31. The normalized spacial score (nSPS) is 13.4. The average Bonchev–Trinajstić information content (AvgIpc) is 2.84. The Hall–Kier alpha value is -4.68. The Kier molecular flexibility index (Phi) is 16.4. The number of nitrogens with zero attached hydrogens (tertiary/aromatic N) is 2. The van der Waals surface area contributed by atoms with E-state index >= 15 is 0 Å². The number of nitrogens with two attached hydrogens (primary N) is 5. The van der Waals surface area contributed by atoms with Gasteiger partial charge in [0.15, 0.2) is 11.9 Å². The van der Waals surface area contributed by atoms with Gasteiger partial charge in [-0.3, -0.25) is 34.0 Å². The molecule has 0 aliphatic carbocycles. The molecule has 0 aromatic carbocycles. The van der Waals surface area contributed by atoms with Crippen molar-refractivity contribution in [2.24, 2.45) is 38.7 Å². The lowest BCUT2D eigenvalue weighted by Crippen LogP contribution is -2.57. The Bertz CT molecular complexity index is 965. The number of guanidine groups is 2. The molecule has 40 heavy (non-hydrogen) atoms. The van der Waals surface area contributed by atoms with Crippen molar-refractivity contribution in [2.45, 2.75) is 69.1 Å². The average molecular weight is 575 g/mol. The van der Waals surface area contributed by atoms with Crippen LogP contribution in [0.5, 0.6) is 0 Å². The van der Waals surface area contributed by atoms with Gasteiger partial charge in [-0.05, 0) is 32.1 Å². The molecule has 0 fully saturated rings. The molecule has 0 aliphatic rings. The van der Waals surface area contributed by atoms with Gasteiger partial charge in [0.25, 0.3) is 0 Å². The first-order valence-electron chi connectivity index (χ1n) is 12.1. The summed E-state index contributed by atoms with van der Waals surface area (Å²) in [5.74, 6) is -7.44. The lowest BCUT2D eigenvalue weighted by atomic mass is 10.1. The molecule has 0 aliphatic heterocycles. The Morgan fingerprint density at radius 3 is 1.52 bits per heavy atom. The molecule has 0 saturated carbocycles. The van der Waals surface area contributed by atoms with Crippen LogP contribution in [0, 0.1) is 0 Å². The van der Waals surface area contributed by atoms with Crippen LogP contribution in [0.4, 0.5) is 0 Å². The molecule has 0 radical (unpaired) electrons. The van der Waals surface area contributed by atoms with Crippen LogP contribution in [-0.2, 0) is 28.8 Å². The molecule has 0 heterocycles. The minimum Gasteiger partial charge on any atom is -0.481 e. The molecular weight excluding hydrogens is 536 g/mol. The van der Waals surface area contributed by atoms with Gasteiger partial charge in [-0.25, -0.2) is 4.79 Å². The summed E-state index contributed by atoms with van der Waals surface area (Å²) < 4.78 is 0. The number of rotatable bonds is 20. The van der Waals surface area contributed by atoms with Gasteiger partial charge < -0.3 is 59.9 Å². The zero-order chi connectivity index (χ0) is 30.8. The molecule has 4 atom stereocenters. The van der Waals surface area contributed by atoms with Gasteiger partial charge in [-0.15, -0.1) is 0 Å². The van der Waals surface area contributed by atoms with Crippen LogP contribution in [0.3, 0.4) is 0 Å². The summed E-state index contributed by atoms with van der Waals surface area (Å²) in [6.45, 7) is 0.155. The third kappa shape index (κ3) is 16.2. The second-order valence-electron chi connectivity index (χ2n) is 8.56. The number of carbonyl (C=O) groups excluding carboxylic acids is 3. The van der Waals surface area contributed by atoms with E-state index in [1.807, 2.05) is 0 Å². The zero-order valence-corrected chi connectivity index (χ0v) is 21.7. The fourth-order valence-electron chi connectivity index (χ4n) is 3.15. The van der Waals surface area contributed by atoms with Gasteiger partial charge in [0.05, 0.1) is 12.5 Å². The van der Waals surface area contributed by atoms with E-state index < -0.39 is 72.6 Å². The van der Waals surface area contributed by atoms with Crippen molar-refractivity contribution < 1.29 is 44.1 Å². The summed E-state index contributed by atoms with van der Waals surface area (Å²) in [6, 6.07) is -5.80. The highest BCUT2D eigenvalue weighted by atomic mass is 16.4. The van der Waals surface area contributed by atoms with E-state index in [0.717, 1.165) is 0 Å². The van der Waals surface area contributed by atoms with Crippen molar-refractivity contribution in [1.82, 2.24) is 16.0 Å². The first-order valence-corrected chi connectivity index (χ1v) is 12.1. The lowest BCUT2D eigenvalue weighted by Gasteiger charge is -2.24.